The van der Waals surface area contributed by atoms with E-state index in [1.165, 1.54) is 22.3 Å². The van der Waals surface area contributed by atoms with Gasteiger partial charge in [-0.1, -0.05) is 84.8 Å². The van der Waals surface area contributed by atoms with E-state index < -0.39 is 12.1 Å². The molecule has 0 aromatic heterocycles. The summed E-state index contributed by atoms with van der Waals surface area (Å²) >= 11 is 0. The van der Waals surface area contributed by atoms with Crippen molar-refractivity contribution in [3.63, 3.8) is 0 Å². The normalized spacial score (nSPS) is 13.1. The Hall–Kier alpha value is -3.51. The number of benzene rings is 3. The highest BCUT2D eigenvalue weighted by Gasteiger charge is 2.29. The van der Waals surface area contributed by atoms with Gasteiger partial charge in [0, 0.05) is 5.92 Å². The van der Waals surface area contributed by atoms with Gasteiger partial charge in [-0.2, -0.15) is 0 Å². The SMILES string of the molecule is C#CC(NC(=O)OCC1c2ccccc2-c2ccccc21)c1ccccc1. The summed E-state index contributed by atoms with van der Waals surface area (Å²) in [6.07, 6.45) is 5.07. The largest absolute Gasteiger partial charge is 0.449 e. The second kappa shape index (κ2) is 7.39. The van der Waals surface area contributed by atoms with E-state index in [9.17, 15) is 4.79 Å². The Labute approximate surface area is 159 Å². The first-order valence-electron chi connectivity index (χ1n) is 8.90. The summed E-state index contributed by atoms with van der Waals surface area (Å²) in [6.45, 7) is 0.270. The second-order valence-electron chi connectivity index (χ2n) is 6.48. The summed E-state index contributed by atoms with van der Waals surface area (Å²) in [4.78, 5) is 12.3. The number of carbonyl (C=O) groups excluding carboxylic acids is 1. The average Bonchev–Trinajstić information content (AvgIpc) is 3.05. The number of hydrogen-bond acceptors (Lipinski definition) is 2. The van der Waals surface area contributed by atoms with Crippen LogP contribution in [-0.2, 0) is 4.74 Å². The molecule has 1 atom stereocenters. The lowest BCUT2D eigenvalue weighted by molar-refractivity contribution is 0.141. The summed E-state index contributed by atoms with van der Waals surface area (Å²) in [7, 11) is 0. The molecule has 1 unspecified atom stereocenters. The number of ether oxygens (including phenoxy) is 1. The fourth-order valence-electron chi connectivity index (χ4n) is 3.62. The zero-order valence-electron chi connectivity index (χ0n) is 14.8. The lowest BCUT2D eigenvalue weighted by Gasteiger charge is -2.17. The minimum atomic E-state index is -0.512. The van der Waals surface area contributed by atoms with Gasteiger partial charge in [-0.3, -0.25) is 0 Å². The summed E-state index contributed by atoms with van der Waals surface area (Å²) < 4.78 is 5.55. The van der Waals surface area contributed by atoms with Gasteiger partial charge in [0.05, 0.1) is 0 Å². The third-order valence-corrected chi connectivity index (χ3v) is 4.91. The number of carbonyl (C=O) groups is 1. The molecule has 0 aliphatic heterocycles. The first kappa shape index (κ1) is 16.9. The molecule has 3 aromatic rings. The van der Waals surface area contributed by atoms with Crippen molar-refractivity contribution in [2.45, 2.75) is 12.0 Å². The standard InChI is InChI=1S/C24H19NO2/c1-2-23(17-10-4-3-5-11-17)25-24(26)27-16-22-20-14-8-6-12-18(20)19-13-7-9-15-21(19)22/h1,3-15,22-23H,16H2,(H,25,26). The first-order valence-corrected chi connectivity index (χ1v) is 8.90. The number of terminal acetylenes is 1. The molecule has 3 heteroatoms. The highest BCUT2D eigenvalue weighted by atomic mass is 16.5. The highest BCUT2D eigenvalue weighted by Crippen LogP contribution is 2.44. The zero-order valence-corrected chi connectivity index (χ0v) is 14.8. The molecule has 1 amide bonds. The average molecular weight is 353 g/mol. The van der Waals surface area contributed by atoms with E-state index in [-0.39, 0.29) is 12.5 Å². The summed E-state index contributed by atoms with van der Waals surface area (Å²) in [5, 5.41) is 2.76. The molecule has 132 valence electrons. The number of amides is 1. The fraction of sp³-hybridized carbons (Fsp3) is 0.125. The molecule has 3 aromatic carbocycles. The Morgan fingerprint density at radius 3 is 2.07 bits per heavy atom. The van der Waals surface area contributed by atoms with Crippen molar-refractivity contribution in [2.75, 3.05) is 6.61 Å². The minimum absolute atomic E-state index is 0.0316. The fourth-order valence-corrected chi connectivity index (χ4v) is 3.62. The highest BCUT2D eigenvalue weighted by molar-refractivity contribution is 5.79. The van der Waals surface area contributed by atoms with Crippen molar-refractivity contribution in [3.05, 3.63) is 95.6 Å². The van der Waals surface area contributed by atoms with Gasteiger partial charge in [0.15, 0.2) is 0 Å². The number of nitrogens with one attached hydrogen (secondary N) is 1. The van der Waals surface area contributed by atoms with Crippen LogP contribution in [0.1, 0.15) is 28.7 Å². The monoisotopic (exact) mass is 353 g/mol. The number of alkyl carbamates (subject to hydrolysis) is 1. The summed E-state index contributed by atoms with van der Waals surface area (Å²) in [5.74, 6) is 2.63. The number of rotatable bonds is 4. The van der Waals surface area contributed by atoms with E-state index in [0.29, 0.717) is 0 Å². The lowest BCUT2D eigenvalue weighted by atomic mass is 9.98. The van der Waals surface area contributed by atoms with E-state index in [4.69, 9.17) is 11.2 Å². The van der Waals surface area contributed by atoms with Gasteiger partial charge in [-0.15, -0.1) is 6.42 Å². The van der Waals surface area contributed by atoms with Gasteiger partial charge in [0.1, 0.15) is 12.6 Å². The predicted octanol–water partition coefficient (Wildman–Crippen LogP) is 4.90. The second-order valence-corrected chi connectivity index (χ2v) is 6.48. The molecule has 0 spiro atoms. The third-order valence-electron chi connectivity index (χ3n) is 4.91. The van der Waals surface area contributed by atoms with Crippen molar-refractivity contribution in [2.24, 2.45) is 0 Å². The molecular formula is C24H19NO2. The predicted molar refractivity (Wildman–Crippen MR) is 106 cm³/mol. The van der Waals surface area contributed by atoms with Crippen molar-refractivity contribution >= 4 is 6.09 Å². The summed E-state index contributed by atoms with van der Waals surface area (Å²) in [6, 6.07) is 25.4. The third kappa shape index (κ3) is 3.30. The van der Waals surface area contributed by atoms with E-state index in [2.05, 4.69) is 35.5 Å². The van der Waals surface area contributed by atoms with Crippen LogP contribution in [0.2, 0.25) is 0 Å². The molecule has 1 aliphatic rings. The quantitative estimate of drug-likeness (QED) is 0.678. The van der Waals surface area contributed by atoms with Gasteiger partial charge < -0.3 is 10.1 Å². The van der Waals surface area contributed by atoms with Crippen LogP contribution in [0.4, 0.5) is 4.79 Å². The molecule has 1 N–H and O–H groups in total. The van der Waals surface area contributed by atoms with Gasteiger partial charge in [0.2, 0.25) is 0 Å². The molecule has 0 fully saturated rings. The van der Waals surface area contributed by atoms with Gasteiger partial charge in [-0.05, 0) is 27.8 Å². The molecule has 3 nitrogen and oxygen atoms in total. The van der Waals surface area contributed by atoms with Crippen LogP contribution in [-0.4, -0.2) is 12.7 Å². The minimum Gasteiger partial charge on any atom is -0.449 e. The molecular weight excluding hydrogens is 334 g/mol. The van der Waals surface area contributed by atoms with Crippen molar-refractivity contribution < 1.29 is 9.53 Å². The van der Waals surface area contributed by atoms with Gasteiger partial charge in [0.25, 0.3) is 0 Å². The van der Waals surface area contributed by atoms with Crippen molar-refractivity contribution in [1.82, 2.24) is 5.32 Å². The van der Waals surface area contributed by atoms with E-state index in [1.54, 1.807) is 0 Å². The Balaban J connectivity index is 1.47. The van der Waals surface area contributed by atoms with Crippen LogP contribution in [0.15, 0.2) is 78.9 Å². The maximum atomic E-state index is 12.3. The first-order chi connectivity index (χ1) is 13.3. The van der Waals surface area contributed by atoms with Gasteiger partial charge in [-0.25, -0.2) is 4.79 Å². The van der Waals surface area contributed by atoms with Crippen LogP contribution in [0.25, 0.3) is 11.1 Å². The maximum absolute atomic E-state index is 12.3. The Morgan fingerprint density at radius 2 is 1.48 bits per heavy atom. The lowest BCUT2D eigenvalue weighted by Crippen LogP contribution is -2.29. The van der Waals surface area contributed by atoms with E-state index in [0.717, 1.165) is 5.56 Å². The maximum Gasteiger partial charge on any atom is 0.408 e. The van der Waals surface area contributed by atoms with E-state index in [1.807, 2.05) is 54.6 Å². The topological polar surface area (TPSA) is 38.3 Å². The molecule has 0 saturated heterocycles. The Kier molecular flexibility index (Phi) is 4.63. The van der Waals surface area contributed by atoms with Crippen LogP contribution in [0.5, 0.6) is 0 Å². The molecule has 4 rings (SSSR count). The van der Waals surface area contributed by atoms with Crippen LogP contribution in [0, 0.1) is 12.3 Å². The van der Waals surface area contributed by atoms with Crippen molar-refractivity contribution in [3.8, 4) is 23.5 Å². The summed E-state index contributed by atoms with van der Waals surface area (Å²) in [5.41, 5.74) is 5.63. The smallest absolute Gasteiger partial charge is 0.408 e. The zero-order chi connectivity index (χ0) is 18.6. The van der Waals surface area contributed by atoms with Crippen LogP contribution >= 0.6 is 0 Å². The Morgan fingerprint density at radius 1 is 0.926 bits per heavy atom. The van der Waals surface area contributed by atoms with Crippen molar-refractivity contribution in [1.29, 1.82) is 0 Å². The molecule has 1 aliphatic carbocycles. The molecule has 0 radical (unpaired) electrons. The van der Waals surface area contributed by atoms with Crippen LogP contribution < -0.4 is 5.32 Å². The number of hydrogen-bond donors (Lipinski definition) is 1. The molecule has 27 heavy (non-hydrogen) atoms. The molecule has 0 heterocycles. The molecule has 0 saturated carbocycles. The Bertz CT molecular complexity index is 959. The van der Waals surface area contributed by atoms with Gasteiger partial charge >= 0.3 is 6.09 Å². The molecule has 0 bridgehead atoms. The van der Waals surface area contributed by atoms with E-state index >= 15 is 0 Å². The van der Waals surface area contributed by atoms with Crippen LogP contribution in [0.3, 0.4) is 0 Å². The number of fused-ring (bicyclic) bond motifs is 3.